The van der Waals surface area contributed by atoms with Gasteiger partial charge in [-0.2, -0.15) is 0 Å². The SMILES string of the molecule is Cc1cc(S(=O)(=O)N[C@@H]2C=C[C@H](CO)C2)sc1C. The molecule has 1 aromatic heterocycles. The van der Waals surface area contributed by atoms with Gasteiger partial charge in [-0.05, 0) is 31.9 Å². The van der Waals surface area contributed by atoms with Gasteiger partial charge in [0.25, 0.3) is 10.0 Å². The quantitative estimate of drug-likeness (QED) is 0.826. The second kappa shape index (κ2) is 5.13. The average molecular weight is 287 g/mol. The van der Waals surface area contributed by atoms with E-state index in [2.05, 4.69) is 4.72 Å². The van der Waals surface area contributed by atoms with Gasteiger partial charge in [-0.3, -0.25) is 0 Å². The van der Waals surface area contributed by atoms with Gasteiger partial charge >= 0.3 is 0 Å². The predicted molar refractivity (Wildman–Crippen MR) is 72.2 cm³/mol. The van der Waals surface area contributed by atoms with Gasteiger partial charge in [-0.25, -0.2) is 13.1 Å². The Morgan fingerprint density at radius 2 is 2.17 bits per heavy atom. The molecule has 0 radical (unpaired) electrons. The Morgan fingerprint density at radius 3 is 2.67 bits per heavy atom. The zero-order valence-electron chi connectivity index (χ0n) is 10.4. The molecule has 4 nitrogen and oxygen atoms in total. The summed E-state index contributed by atoms with van der Waals surface area (Å²) < 4.78 is 27.3. The molecule has 0 unspecified atom stereocenters. The second-order valence-corrected chi connectivity index (χ2v) is 7.79. The molecule has 18 heavy (non-hydrogen) atoms. The minimum atomic E-state index is -3.44. The zero-order valence-corrected chi connectivity index (χ0v) is 12.0. The summed E-state index contributed by atoms with van der Waals surface area (Å²) in [7, 11) is -3.44. The van der Waals surface area contributed by atoms with Crippen LogP contribution in [0.15, 0.2) is 22.4 Å². The number of aliphatic hydroxyl groups is 1. The lowest BCUT2D eigenvalue weighted by molar-refractivity contribution is 0.248. The molecule has 0 bridgehead atoms. The topological polar surface area (TPSA) is 66.4 Å². The first-order valence-corrected chi connectivity index (χ1v) is 8.11. The average Bonchev–Trinajstić information content (AvgIpc) is 2.87. The first kappa shape index (κ1) is 13.7. The Balaban J connectivity index is 2.11. The minimum absolute atomic E-state index is 0.0597. The molecule has 1 aliphatic rings. The summed E-state index contributed by atoms with van der Waals surface area (Å²) in [5.74, 6) is 0.0597. The van der Waals surface area contributed by atoms with E-state index in [1.165, 1.54) is 11.3 Å². The fourth-order valence-electron chi connectivity index (χ4n) is 1.93. The van der Waals surface area contributed by atoms with Crippen molar-refractivity contribution in [2.45, 2.75) is 30.5 Å². The smallest absolute Gasteiger partial charge is 0.250 e. The maximum atomic E-state index is 12.2. The van der Waals surface area contributed by atoms with Crippen LogP contribution in [0.5, 0.6) is 0 Å². The van der Waals surface area contributed by atoms with Gasteiger partial charge < -0.3 is 5.11 Å². The summed E-state index contributed by atoms with van der Waals surface area (Å²) in [6, 6.07) is 1.49. The molecule has 0 fully saturated rings. The van der Waals surface area contributed by atoms with E-state index in [1.54, 1.807) is 6.07 Å². The van der Waals surface area contributed by atoms with Crippen LogP contribution in [0.2, 0.25) is 0 Å². The van der Waals surface area contributed by atoms with Gasteiger partial charge in [-0.1, -0.05) is 12.2 Å². The van der Waals surface area contributed by atoms with Gasteiger partial charge in [0.2, 0.25) is 0 Å². The third-order valence-electron chi connectivity index (χ3n) is 3.12. The van der Waals surface area contributed by atoms with Crippen LogP contribution in [-0.2, 0) is 10.0 Å². The summed E-state index contributed by atoms with van der Waals surface area (Å²) in [5, 5.41) is 9.01. The van der Waals surface area contributed by atoms with Gasteiger partial charge in [0.15, 0.2) is 0 Å². The van der Waals surface area contributed by atoms with E-state index in [0.717, 1.165) is 10.4 Å². The van der Waals surface area contributed by atoms with Crippen molar-refractivity contribution < 1.29 is 13.5 Å². The normalized spacial score (nSPS) is 23.7. The molecule has 0 saturated carbocycles. The molecule has 100 valence electrons. The van der Waals surface area contributed by atoms with Crippen LogP contribution in [0.25, 0.3) is 0 Å². The third-order valence-corrected chi connectivity index (χ3v) is 6.24. The van der Waals surface area contributed by atoms with E-state index < -0.39 is 10.0 Å². The Labute approximate surface area is 111 Å². The molecule has 2 N–H and O–H groups in total. The number of aryl methyl sites for hydroxylation is 2. The lowest BCUT2D eigenvalue weighted by Crippen LogP contribution is -2.32. The molecule has 0 aliphatic heterocycles. The van der Waals surface area contributed by atoms with E-state index in [1.807, 2.05) is 26.0 Å². The molecule has 0 amide bonds. The molecule has 0 spiro atoms. The highest BCUT2D eigenvalue weighted by Crippen LogP contribution is 2.26. The molecule has 2 rings (SSSR count). The van der Waals surface area contributed by atoms with Crippen LogP contribution in [0, 0.1) is 19.8 Å². The van der Waals surface area contributed by atoms with Gasteiger partial charge in [0.1, 0.15) is 4.21 Å². The van der Waals surface area contributed by atoms with Crippen molar-refractivity contribution in [2.75, 3.05) is 6.61 Å². The first-order chi connectivity index (χ1) is 8.42. The molecule has 0 saturated heterocycles. The molecular formula is C12H17NO3S2. The highest BCUT2D eigenvalue weighted by atomic mass is 32.2. The number of nitrogens with one attached hydrogen (secondary N) is 1. The van der Waals surface area contributed by atoms with Crippen LogP contribution in [0.3, 0.4) is 0 Å². The minimum Gasteiger partial charge on any atom is -0.396 e. The number of aliphatic hydroxyl groups excluding tert-OH is 1. The number of sulfonamides is 1. The Morgan fingerprint density at radius 1 is 1.44 bits per heavy atom. The van der Waals surface area contributed by atoms with E-state index in [-0.39, 0.29) is 18.6 Å². The van der Waals surface area contributed by atoms with Crippen molar-refractivity contribution in [1.29, 1.82) is 0 Å². The van der Waals surface area contributed by atoms with Crippen molar-refractivity contribution in [1.82, 2.24) is 4.72 Å². The lowest BCUT2D eigenvalue weighted by Gasteiger charge is -2.11. The summed E-state index contributed by atoms with van der Waals surface area (Å²) in [6.07, 6.45) is 4.29. The van der Waals surface area contributed by atoms with Gasteiger partial charge in [0, 0.05) is 23.4 Å². The summed E-state index contributed by atoms with van der Waals surface area (Å²) in [6.45, 7) is 3.88. The highest BCUT2D eigenvalue weighted by molar-refractivity contribution is 7.91. The van der Waals surface area contributed by atoms with E-state index in [4.69, 9.17) is 5.11 Å². The third kappa shape index (κ3) is 2.83. The predicted octanol–water partition coefficient (Wildman–Crippen LogP) is 1.58. The Bertz CT molecular complexity index is 540. The van der Waals surface area contributed by atoms with Crippen LogP contribution >= 0.6 is 11.3 Å². The van der Waals surface area contributed by atoms with E-state index >= 15 is 0 Å². The van der Waals surface area contributed by atoms with Crippen molar-refractivity contribution in [2.24, 2.45) is 5.92 Å². The number of hydrogen-bond acceptors (Lipinski definition) is 4. The highest BCUT2D eigenvalue weighted by Gasteiger charge is 2.25. The summed E-state index contributed by atoms with van der Waals surface area (Å²) in [5.41, 5.74) is 0.996. The fraction of sp³-hybridized carbons (Fsp3) is 0.500. The maximum absolute atomic E-state index is 12.2. The molecule has 1 aliphatic carbocycles. The van der Waals surface area contributed by atoms with Gasteiger partial charge in [0.05, 0.1) is 0 Å². The summed E-state index contributed by atoms with van der Waals surface area (Å²) in [4.78, 5) is 1.02. The van der Waals surface area contributed by atoms with Crippen LogP contribution < -0.4 is 4.72 Å². The zero-order chi connectivity index (χ0) is 13.3. The van der Waals surface area contributed by atoms with E-state index in [9.17, 15) is 8.42 Å². The van der Waals surface area contributed by atoms with E-state index in [0.29, 0.717) is 10.6 Å². The first-order valence-electron chi connectivity index (χ1n) is 5.81. The molecule has 1 aromatic rings. The number of hydrogen-bond donors (Lipinski definition) is 2. The fourth-order valence-corrected chi connectivity index (χ4v) is 4.66. The van der Waals surface area contributed by atoms with Crippen LogP contribution in [0.4, 0.5) is 0 Å². The maximum Gasteiger partial charge on any atom is 0.250 e. The van der Waals surface area contributed by atoms with Crippen molar-refractivity contribution in [3.05, 3.63) is 28.7 Å². The lowest BCUT2D eigenvalue weighted by atomic mass is 10.1. The van der Waals surface area contributed by atoms with Crippen LogP contribution in [0.1, 0.15) is 16.9 Å². The van der Waals surface area contributed by atoms with Crippen molar-refractivity contribution in [3.63, 3.8) is 0 Å². The Hall–Kier alpha value is -0.690. The summed E-state index contributed by atoms with van der Waals surface area (Å²) >= 11 is 1.29. The van der Waals surface area contributed by atoms with Crippen molar-refractivity contribution >= 4 is 21.4 Å². The van der Waals surface area contributed by atoms with Crippen molar-refractivity contribution in [3.8, 4) is 0 Å². The monoisotopic (exact) mass is 287 g/mol. The molecular weight excluding hydrogens is 270 g/mol. The van der Waals surface area contributed by atoms with Gasteiger partial charge in [-0.15, -0.1) is 11.3 Å². The molecule has 2 atom stereocenters. The molecule has 6 heteroatoms. The molecule has 0 aromatic carbocycles. The standard InChI is InChI=1S/C12H17NO3S2/c1-8-5-12(17-9(8)2)18(15,16)13-11-4-3-10(6-11)7-14/h3-5,10-11,13-14H,6-7H2,1-2H3/t10-,11+/m0/s1. The van der Waals surface area contributed by atoms with Crippen LogP contribution in [-0.4, -0.2) is 26.2 Å². The number of thiophene rings is 1. The Kier molecular flexibility index (Phi) is 3.91. The molecule has 1 heterocycles. The number of rotatable bonds is 4. The largest absolute Gasteiger partial charge is 0.396 e. The second-order valence-electron chi connectivity index (χ2n) is 4.60.